The normalized spacial score (nSPS) is 10.2. The lowest BCUT2D eigenvalue weighted by atomic mass is 10.0. The smallest absolute Gasteiger partial charge is 0.0255 e. The van der Waals surface area contributed by atoms with Crippen LogP contribution in [0.1, 0.15) is 35.1 Å². The molecule has 154 valence electrons. The van der Waals surface area contributed by atoms with E-state index in [0.717, 1.165) is 35.1 Å². The first-order valence-electron chi connectivity index (χ1n) is 10.9. The quantitative estimate of drug-likeness (QED) is 0.301. The van der Waals surface area contributed by atoms with Crippen molar-refractivity contribution >= 4 is 21.5 Å². The molecule has 0 nitrogen and oxygen atoms in total. The van der Waals surface area contributed by atoms with Gasteiger partial charge in [-0.05, 0) is 83.6 Å². The van der Waals surface area contributed by atoms with Gasteiger partial charge in [0.1, 0.15) is 0 Å². The number of allylic oxidation sites excluding steroid dienone is 2. The van der Waals surface area contributed by atoms with Crippen LogP contribution >= 0.6 is 0 Å². The van der Waals surface area contributed by atoms with E-state index in [9.17, 15) is 0 Å². The van der Waals surface area contributed by atoms with E-state index in [2.05, 4.69) is 123 Å². The third-order valence-electron chi connectivity index (χ3n) is 5.49. The van der Waals surface area contributed by atoms with Gasteiger partial charge < -0.3 is 0 Å². The van der Waals surface area contributed by atoms with Gasteiger partial charge in [0, 0.05) is 11.1 Å². The molecule has 0 atom stereocenters. The number of fused-ring (bicyclic) bond motifs is 2. The maximum atomic E-state index is 4.11. The summed E-state index contributed by atoms with van der Waals surface area (Å²) in [5.74, 6) is 12.9. The van der Waals surface area contributed by atoms with Crippen molar-refractivity contribution in [2.24, 2.45) is 0 Å². The van der Waals surface area contributed by atoms with Crippen LogP contribution in [0.5, 0.6) is 0 Å². The van der Waals surface area contributed by atoms with Crippen molar-refractivity contribution in [3.05, 3.63) is 119 Å². The lowest BCUT2D eigenvalue weighted by Gasteiger charge is -2.01. The van der Waals surface area contributed by atoms with E-state index in [-0.39, 0.29) is 0 Å². The molecule has 0 aromatic heterocycles. The fourth-order valence-electron chi connectivity index (χ4n) is 3.63. The Morgan fingerprint density at radius 3 is 1.38 bits per heavy atom. The zero-order valence-electron chi connectivity index (χ0n) is 18.8. The number of hydrogen-bond acceptors (Lipinski definition) is 0. The SMILES string of the molecule is C=C(C#Cc1ccc2cc(C)ccc2c1)CCC(=C)C#Cc1ccc2cc(C)ccc2c1. The third kappa shape index (κ3) is 5.37. The van der Waals surface area contributed by atoms with E-state index in [1.54, 1.807) is 0 Å². The molecule has 0 radical (unpaired) electrons. The number of rotatable bonds is 3. The second-order valence-corrected chi connectivity index (χ2v) is 8.34. The minimum Gasteiger partial charge on any atom is -0.0874 e. The zero-order valence-corrected chi connectivity index (χ0v) is 18.8. The number of hydrogen-bond donors (Lipinski definition) is 0. The Balaban J connectivity index is 1.35. The molecular formula is C32H26. The minimum absolute atomic E-state index is 0.768. The summed E-state index contributed by atoms with van der Waals surface area (Å²) in [5, 5.41) is 4.90. The summed E-state index contributed by atoms with van der Waals surface area (Å²) < 4.78 is 0. The molecule has 0 spiro atoms. The molecule has 0 aliphatic carbocycles. The van der Waals surface area contributed by atoms with Crippen molar-refractivity contribution in [2.75, 3.05) is 0 Å². The van der Waals surface area contributed by atoms with Crippen molar-refractivity contribution < 1.29 is 0 Å². The van der Waals surface area contributed by atoms with Crippen molar-refractivity contribution in [1.29, 1.82) is 0 Å². The topological polar surface area (TPSA) is 0 Å². The molecule has 0 amide bonds. The second kappa shape index (κ2) is 9.43. The standard InChI is InChI=1S/C32H26/c1-23(7-11-27-13-17-29-19-25(3)9-15-31(29)21-27)5-6-24(2)8-12-28-14-18-30-20-26(4)10-16-32(30)22-28/h9-10,13-22H,1-2,5-6H2,3-4H3. The first-order chi connectivity index (χ1) is 15.5. The Labute approximate surface area is 191 Å². The van der Waals surface area contributed by atoms with Crippen molar-refractivity contribution in [3.63, 3.8) is 0 Å². The Morgan fingerprint density at radius 1 is 0.562 bits per heavy atom. The lowest BCUT2D eigenvalue weighted by molar-refractivity contribution is 0.993. The summed E-state index contributed by atoms with van der Waals surface area (Å²) in [4.78, 5) is 0. The summed E-state index contributed by atoms with van der Waals surface area (Å²) in [5.41, 5.74) is 6.35. The van der Waals surface area contributed by atoms with Crippen LogP contribution in [0.2, 0.25) is 0 Å². The largest absolute Gasteiger partial charge is 0.0874 e. The summed E-state index contributed by atoms with van der Waals surface area (Å²) in [7, 11) is 0. The zero-order chi connectivity index (χ0) is 22.5. The Morgan fingerprint density at radius 2 is 0.938 bits per heavy atom. The van der Waals surface area contributed by atoms with E-state index >= 15 is 0 Å². The van der Waals surface area contributed by atoms with Crippen molar-refractivity contribution in [3.8, 4) is 23.7 Å². The van der Waals surface area contributed by atoms with Crippen LogP contribution in [-0.2, 0) is 0 Å². The number of benzene rings is 4. The van der Waals surface area contributed by atoms with E-state index in [4.69, 9.17) is 0 Å². The maximum Gasteiger partial charge on any atom is 0.0255 e. The average Bonchev–Trinajstić information content (AvgIpc) is 2.79. The van der Waals surface area contributed by atoms with Crippen LogP contribution < -0.4 is 0 Å². The molecule has 32 heavy (non-hydrogen) atoms. The van der Waals surface area contributed by atoms with Crippen LogP contribution in [0.4, 0.5) is 0 Å². The van der Waals surface area contributed by atoms with E-state index in [0.29, 0.717) is 0 Å². The van der Waals surface area contributed by atoms with Crippen LogP contribution in [-0.4, -0.2) is 0 Å². The molecule has 4 rings (SSSR count). The van der Waals surface area contributed by atoms with Gasteiger partial charge in [-0.25, -0.2) is 0 Å². The molecule has 0 saturated carbocycles. The van der Waals surface area contributed by atoms with E-state index in [1.165, 1.54) is 32.7 Å². The molecule has 0 unspecified atom stereocenters. The van der Waals surface area contributed by atoms with Crippen LogP contribution in [0.3, 0.4) is 0 Å². The average molecular weight is 411 g/mol. The van der Waals surface area contributed by atoms with Gasteiger partial charge >= 0.3 is 0 Å². The highest BCUT2D eigenvalue weighted by Crippen LogP contribution is 2.19. The van der Waals surface area contributed by atoms with Crippen LogP contribution in [0.15, 0.2) is 97.1 Å². The molecule has 0 aliphatic heterocycles. The van der Waals surface area contributed by atoms with Gasteiger partial charge in [-0.2, -0.15) is 0 Å². The third-order valence-corrected chi connectivity index (χ3v) is 5.49. The maximum absolute atomic E-state index is 4.11. The molecular weight excluding hydrogens is 384 g/mol. The van der Waals surface area contributed by atoms with Crippen LogP contribution in [0, 0.1) is 37.5 Å². The Bertz CT molecular complexity index is 1360. The van der Waals surface area contributed by atoms with E-state index < -0.39 is 0 Å². The van der Waals surface area contributed by atoms with Gasteiger partial charge in [0.25, 0.3) is 0 Å². The highest BCUT2D eigenvalue weighted by molar-refractivity contribution is 5.85. The minimum atomic E-state index is 0.768. The molecule has 4 aromatic rings. The second-order valence-electron chi connectivity index (χ2n) is 8.34. The van der Waals surface area contributed by atoms with Gasteiger partial charge in [-0.1, -0.05) is 96.5 Å². The molecule has 0 heterocycles. The number of aryl methyl sites for hydroxylation is 2. The molecule has 0 fully saturated rings. The predicted octanol–water partition coefficient (Wildman–Crippen LogP) is 7.91. The van der Waals surface area contributed by atoms with Gasteiger partial charge in [0.2, 0.25) is 0 Å². The Kier molecular flexibility index (Phi) is 6.26. The molecule has 0 saturated heterocycles. The fraction of sp³-hybridized carbons (Fsp3) is 0.125. The van der Waals surface area contributed by atoms with Gasteiger partial charge in [-0.3, -0.25) is 0 Å². The summed E-state index contributed by atoms with van der Waals surface area (Å²) >= 11 is 0. The highest BCUT2D eigenvalue weighted by atomic mass is 14.0. The van der Waals surface area contributed by atoms with Gasteiger partial charge in [-0.15, -0.1) is 0 Å². The predicted molar refractivity (Wildman–Crippen MR) is 139 cm³/mol. The summed E-state index contributed by atoms with van der Waals surface area (Å²) in [6.45, 7) is 12.4. The lowest BCUT2D eigenvalue weighted by Crippen LogP contribution is -1.83. The first kappa shape index (κ1) is 21.2. The molecule has 0 bridgehead atoms. The molecule has 4 aromatic carbocycles. The van der Waals surface area contributed by atoms with Crippen LogP contribution in [0.25, 0.3) is 21.5 Å². The van der Waals surface area contributed by atoms with E-state index in [1.807, 2.05) is 0 Å². The monoisotopic (exact) mass is 410 g/mol. The first-order valence-corrected chi connectivity index (χ1v) is 10.9. The van der Waals surface area contributed by atoms with Gasteiger partial charge in [0.05, 0.1) is 0 Å². The molecule has 0 N–H and O–H groups in total. The van der Waals surface area contributed by atoms with Gasteiger partial charge in [0.15, 0.2) is 0 Å². The highest BCUT2D eigenvalue weighted by Gasteiger charge is 1.98. The summed E-state index contributed by atoms with van der Waals surface area (Å²) in [6.07, 6.45) is 1.54. The molecule has 0 heteroatoms. The van der Waals surface area contributed by atoms with Crippen molar-refractivity contribution in [2.45, 2.75) is 26.7 Å². The summed E-state index contributed by atoms with van der Waals surface area (Å²) in [6, 6.07) is 25.6. The molecule has 0 aliphatic rings. The van der Waals surface area contributed by atoms with Crippen molar-refractivity contribution in [1.82, 2.24) is 0 Å². The fourth-order valence-corrected chi connectivity index (χ4v) is 3.63. The Hall–Kier alpha value is -4.00.